The third kappa shape index (κ3) is 4.81. The number of allylic oxidation sites excluding steroid dienone is 4. The molecule has 0 spiro atoms. The first-order valence-corrected chi connectivity index (χ1v) is 10.6. The minimum Gasteiger partial charge on any atom is -0.374 e. The molecule has 2 unspecified atom stereocenters. The van der Waals surface area contributed by atoms with E-state index in [2.05, 4.69) is 11.7 Å². The van der Waals surface area contributed by atoms with Crippen molar-refractivity contribution < 1.29 is 32.0 Å². The van der Waals surface area contributed by atoms with Gasteiger partial charge in [-0.3, -0.25) is 14.5 Å². The highest BCUT2D eigenvalue weighted by atomic mass is 35.5. The van der Waals surface area contributed by atoms with Gasteiger partial charge in [-0.1, -0.05) is 41.6 Å². The summed E-state index contributed by atoms with van der Waals surface area (Å²) in [6, 6.07) is 4.21. The van der Waals surface area contributed by atoms with E-state index < -0.39 is 46.3 Å². The second-order valence-electron chi connectivity index (χ2n) is 7.54. The van der Waals surface area contributed by atoms with Crippen LogP contribution in [0.2, 0.25) is 0 Å². The van der Waals surface area contributed by atoms with Gasteiger partial charge in [-0.25, -0.2) is 4.39 Å². The van der Waals surface area contributed by atoms with Gasteiger partial charge in [0, 0.05) is 23.8 Å². The monoisotopic (exact) mass is 516 g/mol. The number of aryl methyl sites for hydroxylation is 1. The van der Waals surface area contributed by atoms with Gasteiger partial charge in [-0.2, -0.15) is 13.2 Å². The summed E-state index contributed by atoms with van der Waals surface area (Å²) in [4.78, 5) is 29.1. The normalized spacial score (nSPS) is 25.7. The van der Waals surface area contributed by atoms with Gasteiger partial charge in [-0.05, 0) is 42.3 Å². The van der Waals surface area contributed by atoms with Gasteiger partial charge in [0.2, 0.25) is 6.41 Å². The molecule has 0 N–H and O–H groups in total. The maximum Gasteiger partial charge on any atom is 0.435 e. The van der Waals surface area contributed by atoms with Crippen LogP contribution < -0.4 is 0 Å². The number of rotatable bonds is 5. The maximum absolute atomic E-state index is 14.3. The molecule has 5 nitrogen and oxygen atoms in total. The first-order chi connectivity index (χ1) is 15.9. The van der Waals surface area contributed by atoms with Crippen LogP contribution >= 0.6 is 23.2 Å². The minimum absolute atomic E-state index is 0.0543. The highest BCUT2D eigenvalue weighted by Gasteiger charge is 2.63. The number of hydrogen-bond acceptors (Lipinski definition) is 4. The molecule has 180 valence electrons. The predicted octanol–water partition coefficient (Wildman–Crippen LogP) is 5.73. The number of benzene rings is 1. The molecule has 3 rings (SSSR count). The second kappa shape index (κ2) is 9.76. The molecule has 2 amide bonds. The first-order valence-electron chi connectivity index (χ1n) is 9.82. The number of alkyl halides is 5. The zero-order valence-corrected chi connectivity index (χ0v) is 19.2. The Balaban J connectivity index is 2.00. The second-order valence-corrected chi connectivity index (χ2v) is 8.48. The van der Waals surface area contributed by atoms with Crippen molar-refractivity contribution in [3.05, 3.63) is 82.6 Å². The topological polar surface area (TPSA) is 59.0 Å². The van der Waals surface area contributed by atoms with Crippen LogP contribution in [-0.4, -0.2) is 46.3 Å². The summed E-state index contributed by atoms with van der Waals surface area (Å²) >= 11 is 11.9. The summed E-state index contributed by atoms with van der Waals surface area (Å²) in [5.74, 6) is -0.648. The fourth-order valence-electron chi connectivity index (χ4n) is 3.50. The van der Waals surface area contributed by atoms with E-state index in [0.717, 1.165) is 29.3 Å². The lowest BCUT2D eigenvalue weighted by atomic mass is 9.84. The van der Waals surface area contributed by atoms with E-state index in [4.69, 9.17) is 28.0 Å². The Morgan fingerprint density at radius 2 is 2.06 bits per heavy atom. The van der Waals surface area contributed by atoms with E-state index in [1.807, 2.05) is 0 Å². The highest BCUT2D eigenvalue weighted by molar-refractivity contribution is 6.30. The third-order valence-corrected chi connectivity index (χ3v) is 5.94. The summed E-state index contributed by atoms with van der Waals surface area (Å²) in [5, 5.41) is 2.16. The van der Waals surface area contributed by atoms with E-state index in [0.29, 0.717) is 5.56 Å². The largest absolute Gasteiger partial charge is 0.435 e. The number of carbonyl (C=O) groups excluding carboxylic acids is 2. The van der Waals surface area contributed by atoms with Crippen LogP contribution in [0.5, 0.6) is 0 Å². The lowest BCUT2D eigenvalue weighted by molar-refractivity contribution is -0.251. The molecule has 0 saturated heterocycles. The number of oxime groups is 1. The Morgan fingerprint density at radius 1 is 1.35 bits per heavy atom. The fourth-order valence-corrected chi connectivity index (χ4v) is 3.91. The minimum atomic E-state index is -4.96. The van der Waals surface area contributed by atoms with Crippen LogP contribution in [0.1, 0.15) is 27.9 Å². The summed E-state index contributed by atoms with van der Waals surface area (Å²) in [6.45, 7) is 4.93. The van der Waals surface area contributed by atoms with Crippen molar-refractivity contribution in [3.63, 3.8) is 0 Å². The average molecular weight is 517 g/mol. The highest BCUT2D eigenvalue weighted by Crippen LogP contribution is 2.48. The number of hydrogen-bond donors (Lipinski definition) is 0. The van der Waals surface area contributed by atoms with Gasteiger partial charge in [0.1, 0.15) is 0 Å². The summed E-state index contributed by atoms with van der Waals surface area (Å²) in [7, 11) is 0. The number of imide groups is 1. The van der Waals surface area contributed by atoms with E-state index in [9.17, 15) is 27.2 Å². The molecule has 1 aromatic carbocycles. The lowest BCUT2D eigenvalue weighted by Crippen LogP contribution is -2.47. The third-order valence-electron chi connectivity index (χ3n) is 5.35. The van der Waals surface area contributed by atoms with Gasteiger partial charge in [-0.15, -0.1) is 11.6 Å². The summed E-state index contributed by atoms with van der Waals surface area (Å²) in [6.07, 6.45) is -2.03. The maximum atomic E-state index is 14.3. The predicted molar refractivity (Wildman–Crippen MR) is 120 cm³/mol. The van der Waals surface area contributed by atoms with Crippen LogP contribution in [0.4, 0.5) is 17.6 Å². The van der Waals surface area contributed by atoms with E-state index in [1.54, 1.807) is 6.92 Å². The van der Waals surface area contributed by atoms with Crippen molar-refractivity contribution in [2.45, 2.75) is 36.7 Å². The van der Waals surface area contributed by atoms with Crippen LogP contribution in [0.15, 0.2) is 71.0 Å². The Hall–Kier alpha value is -2.91. The zero-order valence-electron chi connectivity index (χ0n) is 17.7. The number of amides is 2. The molecular formula is C23H18Cl2F4N2O3. The van der Waals surface area contributed by atoms with Crippen molar-refractivity contribution in [3.8, 4) is 0 Å². The van der Waals surface area contributed by atoms with Crippen molar-refractivity contribution in [1.82, 2.24) is 4.90 Å². The zero-order chi connectivity index (χ0) is 25.3. The average Bonchev–Trinajstić information content (AvgIpc) is 3.24. The van der Waals surface area contributed by atoms with Crippen LogP contribution in [0, 0.1) is 6.92 Å². The Morgan fingerprint density at radius 3 is 2.65 bits per heavy atom. The molecule has 1 heterocycles. The summed E-state index contributed by atoms with van der Waals surface area (Å²) in [5.41, 5.74) is -2.67. The summed E-state index contributed by atoms with van der Waals surface area (Å²) < 4.78 is 57.1. The molecule has 1 aliphatic heterocycles. The van der Waals surface area contributed by atoms with E-state index in [-0.39, 0.29) is 23.2 Å². The quantitative estimate of drug-likeness (QED) is 0.217. The van der Waals surface area contributed by atoms with Gasteiger partial charge in [0.15, 0.2) is 6.17 Å². The number of nitrogens with zero attached hydrogens (tertiary/aromatic N) is 2. The molecule has 0 saturated carbocycles. The molecule has 0 aromatic heterocycles. The number of carbonyl (C=O) groups is 2. The molecule has 34 heavy (non-hydrogen) atoms. The molecule has 0 bridgehead atoms. The van der Waals surface area contributed by atoms with Crippen molar-refractivity contribution in [1.29, 1.82) is 0 Å². The van der Waals surface area contributed by atoms with E-state index >= 15 is 0 Å². The molecule has 3 atom stereocenters. The van der Waals surface area contributed by atoms with Crippen LogP contribution in [0.25, 0.3) is 0 Å². The lowest BCUT2D eigenvalue weighted by Gasteiger charge is -2.31. The molecular weight excluding hydrogens is 499 g/mol. The number of halogens is 6. The van der Waals surface area contributed by atoms with E-state index in [1.165, 1.54) is 24.3 Å². The molecule has 1 aromatic rings. The van der Waals surface area contributed by atoms with Crippen molar-refractivity contribution in [2.24, 2.45) is 5.16 Å². The first kappa shape index (κ1) is 25.7. The Bertz CT molecular complexity index is 1140. The van der Waals surface area contributed by atoms with Gasteiger partial charge < -0.3 is 4.84 Å². The SMILES string of the molecule is C=CN(C=O)C(=O)c1ccc(C2=NO[C@@](C3=CC(Cl)/C=C\C(F)C(Cl)=C3)(C(F)(F)F)C2)cc1C. The Kier molecular flexibility index (Phi) is 7.38. The van der Waals surface area contributed by atoms with Gasteiger partial charge in [0.25, 0.3) is 11.5 Å². The van der Waals surface area contributed by atoms with Crippen LogP contribution in [-0.2, 0) is 9.63 Å². The fraction of sp³-hybridized carbons (Fsp3) is 0.261. The molecule has 1 aliphatic carbocycles. The van der Waals surface area contributed by atoms with Crippen molar-refractivity contribution in [2.75, 3.05) is 0 Å². The molecule has 2 aliphatic rings. The smallest absolute Gasteiger partial charge is 0.374 e. The van der Waals surface area contributed by atoms with Gasteiger partial charge >= 0.3 is 6.18 Å². The Labute approximate surface area is 202 Å². The van der Waals surface area contributed by atoms with Gasteiger partial charge in [0.05, 0.1) is 16.1 Å². The van der Waals surface area contributed by atoms with Crippen LogP contribution in [0.3, 0.4) is 0 Å². The van der Waals surface area contributed by atoms with Crippen molar-refractivity contribution >= 4 is 41.2 Å². The standard InChI is InChI=1S/C23H18Cl2F4N2O3/c1-3-31(12-32)21(33)17-6-4-14(8-13(17)2)20-11-22(34-30-20,23(27,28)29)15-9-16(24)5-7-19(26)18(25)10-15/h3-10,12,16,19H,1,11H2,2H3/b7-5-,15-9?,18-10?/t16?,19?,22-/m0/s1. The molecule has 11 heteroatoms. The molecule has 0 radical (unpaired) electrons. The molecule has 0 fully saturated rings.